The van der Waals surface area contributed by atoms with Crippen LogP contribution in [0.15, 0.2) is 53.0 Å². The standard InChI is InChI=1S/C15H14BrN3O2/c16-11-3-7-13(8-4-11)19-14(20)9-18-15(21)10-1-5-12(17)6-2-10/h1-8H,9,17H2,(H,18,21)(H,19,20). The van der Waals surface area contributed by atoms with Crippen molar-refractivity contribution in [3.63, 3.8) is 0 Å². The summed E-state index contributed by atoms with van der Waals surface area (Å²) in [5.74, 6) is -0.609. The lowest BCUT2D eigenvalue weighted by Gasteiger charge is -2.07. The summed E-state index contributed by atoms with van der Waals surface area (Å²) in [5, 5.41) is 5.24. The molecule has 108 valence electrons. The van der Waals surface area contributed by atoms with Crippen LogP contribution < -0.4 is 16.4 Å². The number of amides is 2. The Hall–Kier alpha value is -2.34. The highest BCUT2D eigenvalue weighted by Gasteiger charge is 2.08. The predicted molar refractivity (Wildman–Crippen MR) is 86.0 cm³/mol. The second-order valence-corrected chi connectivity index (χ2v) is 5.28. The molecule has 0 heterocycles. The average molecular weight is 348 g/mol. The number of carbonyl (C=O) groups is 2. The number of carbonyl (C=O) groups excluding carboxylic acids is 2. The van der Waals surface area contributed by atoms with E-state index in [4.69, 9.17) is 5.73 Å². The molecule has 0 saturated heterocycles. The second-order valence-electron chi connectivity index (χ2n) is 4.36. The van der Waals surface area contributed by atoms with Gasteiger partial charge in [0.1, 0.15) is 0 Å². The van der Waals surface area contributed by atoms with Crippen molar-refractivity contribution < 1.29 is 9.59 Å². The molecule has 0 aromatic heterocycles. The molecule has 4 N–H and O–H groups in total. The highest BCUT2D eigenvalue weighted by atomic mass is 79.9. The maximum Gasteiger partial charge on any atom is 0.251 e. The molecule has 2 rings (SSSR count). The lowest BCUT2D eigenvalue weighted by atomic mass is 10.2. The molecule has 2 amide bonds. The minimum Gasteiger partial charge on any atom is -0.399 e. The summed E-state index contributed by atoms with van der Waals surface area (Å²) in [7, 11) is 0. The summed E-state index contributed by atoms with van der Waals surface area (Å²) in [4.78, 5) is 23.5. The van der Waals surface area contributed by atoms with Gasteiger partial charge >= 0.3 is 0 Å². The first-order chi connectivity index (χ1) is 10.0. The first kappa shape index (κ1) is 15.1. The molecule has 0 bridgehead atoms. The monoisotopic (exact) mass is 347 g/mol. The molecule has 0 saturated carbocycles. The van der Waals surface area contributed by atoms with Crippen molar-refractivity contribution in [2.75, 3.05) is 17.6 Å². The lowest BCUT2D eigenvalue weighted by Crippen LogP contribution is -2.32. The van der Waals surface area contributed by atoms with Crippen molar-refractivity contribution >= 4 is 39.1 Å². The molecule has 0 spiro atoms. The summed E-state index contributed by atoms with van der Waals surface area (Å²) in [6, 6.07) is 13.7. The second kappa shape index (κ2) is 6.90. The van der Waals surface area contributed by atoms with Crippen LogP contribution in [0.4, 0.5) is 11.4 Å². The molecule has 2 aromatic rings. The molecule has 2 aromatic carbocycles. The zero-order chi connectivity index (χ0) is 15.2. The SMILES string of the molecule is Nc1ccc(C(=O)NCC(=O)Nc2ccc(Br)cc2)cc1. The summed E-state index contributed by atoms with van der Waals surface area (Å²) in [6.07, 6.45) is 0. The van der Waals surface area contributed by atoms with Gasteiger partial charge in [0.05, 0.1) is 6.54 Å². The van der Waals surface area contributed by atoms with Gasteiger partial charge < -0.3 is 16.4 Å². The summed E-state index contributed by atoms with van der Waals surface area (Å²) in [5.41, 5.74) is 7.26. The van der Waals surface area contributed by atoms with Gasteiger partial charge in [-0.3, -0.25) is 9.59 Å². The van der Waals surface area contributed by atoms with Crippen molar-refractivity contribution in [2.45, 2.75) is 0 Å². The predicted octanol–water partition coefficient (Wildman–Crippen LogP) is 2.40. The highest BCUT2D eigenvalue weighted by molar-refractivity contribution is 9.10. The molecule has 0 radical (unpaired) electrons. The van der Waals surface area contributed by atoms with Gasteiger partial charge in [0, 0.05) is 21.4 Å². The molecular weight excluding hydrogens is 334 g/mol. The number of anilines is 2. The van der Waals surface area contributed by atoms with Crippen LogP contribution >= 0.6 is 15.9 Å². The van der Waals surface area contributed by atoms with E-state index in [1.54, 1.807) is 36.4 Å². The number of rotatable bonds is 4. The van der Waals surface area contributed by atoms with E-state index in [0.717, 1.165) is 4.47 Å². The topological polar surface area (TPSA) is 84.2 Å². The Morgan fingerprint density at radius 3 is 2.24 bits per heavy atom. The van der Waals surface area contributed by atoms with Crippen LogP contribution in [-0.4, -0.2) is 18.4 Å². The van der Waals surface area contributed by atoms with Crippen molar-refractivity contribution in [2.24, 2.45) is 0 Å². The van der Waals surface area contributed by atoms with Crippen molar-refractivity contribution in [1.82, 2.24) is 5.32 Å². The average Bonchev–Trinajstić information content (AvgIpc) is 2.48. The Kier molecular flexibility index (Phi) is 4.94. The third-order valence-electron chi connectivity index (χ3n) is 2.71. The Labute approximate surface area is 130 Å². The molecule has 0 unspecified atom stereocenters. The summed E-state index contributed by atoms with van der Waals surface area (Å²) < 4.78 is 0.928. The number of nitrogens with one attached hydrogen (secondary N) is 2. The van der Waals surface area contributed by atoms with Crippen LogP contribution in [0.1, 0.15) is 10.4 Å². The summed E-state index contributed by atoms with van der Waals surface area (Å²) >= 11 is 3.31. The molecule has 21 heavy (non-hydrogen) atoms. The van der Waals surface area contributed by atoms with Gasteiger partial charge in [0.15, 0.2) is 0 Å². The highest BCUT2D eigenvalue weighted by Crippen LogP contribution is 2.13. The molecule has 6 heteroatoms. The Morgan fingerprint density at radius 1 is 1.00 bits per heavy atom. The fourth-order valence-electron chi connectivity index (χ4n) is 1.64. The van der Waals surface area contributed by atoms with E-state index in [-0.39, 0.29) is 18.4 Å². The number of nitrogens with two attached hydrogens (primary N) is 1. The van der Waals surface area contributed by atoms with E-state index in [1.165, 1.54) is 0 Å². The van der Waals surface area contributed by atoms with Gasteiger partial charge in [-0.2, -0.15) is 0 Å². The number of hydrogen-bond acceptors (Lipinski definition) is 3. The van der Waals surface area contributed by atoms with Gasteiger partial charge in [0.2, 0.25) is 5.91 Å². The van der Waals surface area contributed by atoms with Crippen molar-refractivity contribution in [3.05, 3.63) is 58.6 Å². The van der Waals surface area contributed by atoms with Gasteiger partial charge in [-0.05, 0) is 48.5 Å². The van der Waals surface area contributed by atoms with Gasteiger partial charge in [-0.25, -0.2) is 0 Å². The van der Waals surface area contributed by atoms with Crippen molar-refractivity contribution in [3.8, 4) is 0 Å². The number of nitrogen functional groups attached to an aromatic ring is 1. The van der Waals surface area contributed by atoms with Gasteiger partial charge in [-0.1, -0.05) is 15.9 Å². The van der Waals surface area contributed by atoms with Gasteiger partial charge in [-0.15, -0.1) is 0 Å². The van der Waals surface area contributed by atoms with Crippen LogP contribution in [0.3, 0.4) is 0 Å². The van der Waals surface area contributed by atoms with E-state index in [2.05, 4.69) is 26.6 Å². The molecular formula is C15H14BrN3O2. The number of benzene rings is 2. The van der Waals surface area contributed by atoms with Gasteiger partial charge in [0.25, 0.3) is 5.91 Å². The molecule has 0 fully saturated rings. The van der Waals surface area contributed by atoms with Crippen LogP contribution in [0.5, 0.6) is 0 Å². The van der Waals surface area contributed by atoms with E-state index in [9.17, 15) is 9.59 Å². The first-order valence-corrected chi connectivity index (χ1v) is 7.03. The summed E-state index contributed by atoms with van der Waals surface area (Å²) in [6.45, 7) is -0.0979. The number of hydrogen-bond donors (Lipinski definition) is 3. The van der Waals surface area contributed by atoms with E-state index < -0.39 is 0 Å². The molecule has 0 aliphatic heterocycles. The molecule has 0 aliphatic rings. The largest absolute Gasteiger partial charge is 0.399 e. The van der Waals surface area contributed by atoms with E-state index >= 15 is 0 Å². The van der Waals surface area contributed by atoms with Crippen LogP contribution in [0.2, 0.25) is 0 Å². The Morgan fingerprint density at radius 2 is 1.62 bits per heavy atom. The zero-order valence-electron chi connectivity index (χ0n) is 11.1. The minimum absolute atomic E-state index is 0.0979. The van der Waals surface area contributed by atoms with E-state index in [0.29, 0.717) is 16.9 Å². The smallest absolute Gasteiger partial charge is 0.251 e. The van der Waals surface area contributed by atoms with Crippen LogP contribution in [0, 0.1) is 0 Å². The van der Waals surface area contributed by atoms with Crippen LogP contribution in [0.25, 0.3) is 0 Å². The fourth-order valence-corrected chi connectivity index (χ4v) is 1.90. The fraction of sp³-hybridized carbons (Fsp3) is 0.0667. The maximum atomic E-state index is 11.8. The number of halogens is 1. The molecule has 0 atom stereocenters. The molecule has 0 aliphatic carbocycles. The molecule has 5 nitrogen and oxygen atoms in total. The zero-order valence-corrected chi connectivity index (χ0v) is 12.7. The van der Waals surface area contributed by atoms with Crippen molar-refractivity contribution in [1.29, 1.82) is 0 Å². The third-order valence-corrected chi connectivity index (χ3v) is 3.24. The maximum absolute atomic E-state index is 11.8. The van der Waals surface area contributed by atoms with Crippen LogP contribution in [-0.2, 0) is 4.79 Å². The minimum atomic E-state index is -0.319. The Balaban J connectivity index is 1.84. The first-order valence-electron chi connectivity index (χ1n) is 6.24. The Bertz CT molecular complexity index is 639. The lowest BCUT2D eigenvalue weighted by molar-refractivity contribution is -0.115. The normalized spacial score (nSPS) is 9.95. The third kappa shape index (κ3) is 4.61. The van der Waals surface area contributed by atoms with E-state index in [1.807, 2.05) is 12.1 Å². The quantitative estimate of drug-likeness (QED) is 0.742.